The molecule has 142 valence electrons. The van der Waals surface area contributed by atoms with Gasteiger partial charge in [-0.2, -0.15) is 0 Å². The zero-order valence-corrected chi connectivity index (χ0v) is 16.6. The Labute approximate surface area is 162 Å². The fraction of sp³-hybridized carbons (Fsp3) is 0.429. The van der Waals surface area contributed by atoms with E-state index >= 15 is 0 Å². The zero-order valence-electron chi connectivity index (χ0n) is 15.7. The van der Waals surface area contributed by atoms with Crippen molar-refractivity contribution in [1.29, 1.82) is 0 Å². The number of amides is 1. The highest BCUT2D eigenvalue weighted by atomic mass is 32.1. The van der Waals surface area contributed by atoms with Crippen molar-refractivity contribution < 1.29 is 9.53 Å². The number of pyridine rings is 1. The summed E-state index contributed by atoms with van der Waals surface area (Å²) >= 11 is 1.37. The number of aromatic nitrogens is 1. The Hall–Kier alpha value is -2.34. The molecule has 0 spiro atoms. The van der Waals surface area contributed by atoms with Crippen LogP contribution in [0.1, 0.15) is 49.2 Å². The molecule has 0 saturated heterocycles. The van der Waals surface area contributed by atoms with Crippen LogP contribution < -0.4 is 15.8 Å². The van der Waals surface area contributed by atoms with Gasteiger partial charge in [-0.3, -0.25) is 4.79 Å². The molecule has 4 rings (SSSR count). The van der Waals surface area contributed by atoms with Crippen LogP contribution in [0, 0.1) is 5.92 Å². The van der Waals surface area contributed by atoms with E-state index in [1.165, 1.54) is 30.6 Å². The van der Waals surface area contributed by atoms with Gasteiger partial charge in [-0.15, -0.1) is 11.3 Å². The van der Waals surface area contributed by atoms with Gasteiger partial charge in [-0.05, 0) is 43.9 Å². The highest BCUT2D eigenvalue weighted by molar-refractivity contribution is 7.21. The molecule has 2 atom stereocenters. The number of anilines is 1. The molecule has 2 heterocycles. The summed E-state index contributed by atoms with van der Waals surface area (Å²) in [4.78, 5) is 18.9. The quantitative estimate of drug-likeness (QED) is 0.682. The first-order chi connectivity index (χ1) is 13.1. The smallest absolute Gasteiger partial charge is 0.263 e. The van der Waals surface area contributed by atoms with Crippen molar-refractivity contribution in [3.05, 3.63) is 29.1 Å². The number of rotatable bonds is 4. The van der Waals surface area contributed by atoms with Crippen LogP contribution >= 0.6 is 11.3 Å². The minimum Gasteiger partial charge on any atom is -0.494 e. The number of hydrogen-bond donors (Lipinski definition) is 2. The zero-order chi connectivity index (χ0) is 19.0. The van der Waals surface area contributed by atoms with Gasteiger partial charge in [-0.1, -0.05) is 19.8 Å². The number of thiophene rings is 1. The predicted octanol–water partition coefficient (Wildman–Crippen LogP) is 4.74. The van der Waals surface area contributed by atoms with Gasteiger partial charge in [0.15, 0.2) is 0 Å². The maximum absolute atomic E-state index is 12.9. The lowest BCUT2D eigenvalue weighted by atomic mass is 9.86. The Bertz CT molecular complexity index is 998. The first-order valence-electron chi connectivity index (χ1n) is 9.63. The number of benzene rings is 1. The van der Waals surface area contributed by atoms with Gasteiger partial charge in [-0.25, -0.2) is 4.98 Å². The van der Waals surface area contributed by atoms with Crippen LogP contribution in [0.15, 0.2) is 24.3 Å². The normalized spacial score (nSPS) is 20.1. The fourth-order valence-electron chi connectivity index (χ4n) is 3.86. The summed E-state index contributed by atoms with van der Waals surface area (Å²) in [5.41, 5.74) is 7.71. The molecule has 1 saturated carbocycles. The van der Waals surface area contributed by atoms with Crippen molar-refractivity contribution in [3.63, 3.8) is 0 Å². The van der Waals surface area contributed by atoms with E-state index in [-0.39, 0.29) is 11.9 Å². The summed E-state index contributed by atoms with van der Waals surface area (Å²) in [6.45, 7) is 4.78. The summed E-state index contributed by atoms with van der Waals surface area (Å²) in [5.74, 6) is 1.23. The van der Waals surface area contributed by atoms with Crippen LogP contribution in [0.5, 0.6) is 5.75 Å². The lowest BCUT2D eigenvalue weighted by Gasteiger charge is -2.29. The molecule has 5 nitrogen and oxygen atoms in total. The van der Waals surface area contributed by atoms with Crippen molar-refractivity contribution >= 4 is 44.1 Å². The summed E-state index contributed by atoms with van der Waals surface area (Å²) in [6.07, 6.45) is 4.63. The van der Waals surface area contributed by atoms with E-state index in [1.54, 1.807) is 0 Å². The van der Waals surface area contributed by atoms with E-state index in [0.717, 1.165) is 33.3 Å². The van der Waals surface area contributed by atoms with Crippen LogP contribution in [0.2, 0.25) is 0 Å². The SMILES string of the molecule is CCOc1ccc2cc3c(N)c(C(=O)N[C@H]4CCCC[C@H]4C)sc3nc2c1. The van der Waals surface area contributed by atoms with E-state index in [9.17, 15) is 4.79 Å². The molecule has 1 fully saturated rings. The Morgan fingerprint density at radius 2 is 2.15 bits per heavy atom. The molecule has 2 aromatic heterocycles. The van der Waals surface area contributed by atoms with Crippen molar-refractivity contribution in [3.8, 4) is 5.75 Å². The van der Waals surface area contributed by atoms with Crippen LogP contribution in [-0.4, -0.2) is 23.5 Å². The molecular weight excluding hydrogens is 358 g/mol. The van der Waals surface area contributed by atoms with Gasteiger partial charge in [0.1, 0.15) is 15.5 Å². The van der Waals surface area contributed by atoms with Crippen LogP contribution in [0.4, 0.5) is 5.69 Å². The molecule has 3 N–H and O–H groups in total. The Balaban J connectivity index is 1.67. The molecule has 0 unspecified atom stereocenters. The number of nitrogen functional groups attached to an aromatic ring is 1. The van der Waals surface area contributed by atoms with Gasteiger partial charge >= 0.3 is 0 Å². The molecule has 0 bridgehead atoms. The lowest BCUT2D eigenvalue weighted by molar-refractivity contribution is 0.0915. The van der Waals surface area contributed by atoms with Crippen molar-refractivity contribution in [2.45, 2.75) is 45.6 Å². The number of nitrogens with two attached hydrogens (primary N) is 1. The Morgan fingerprint density at radius 1 is 1.33 bits per heavy atom. The average molecular weight is 384 g/mol. The minimum atomic E-state index is -0.0756. The maximum Gasteiger partial charge on any atom is 0.263 e. The van der Waals surface area contributed by atoms with E-state index in [1.807, 2.05) is 31.2 Å². The van der Waals surface area contributed by atoms with E-state index < -0.39 is 0 Å². The van der Waals surface area contributed by atoms with Gasteiger partial charge in [0, 0.05) is 22.9 Å². The average Bonchev–Trinajstić information content (AvgIpc) is 2.98. The molecule has 27 heavy (non-hydrogen) atoms. The summed E-state index contributed by atoms with van der Waals surface area (Å²) in [6, 6.07) is 8.08. The first kappa shape index (κ1) is 18.0. The predicted molar refractivity (Wildman–Crippen MR) is 112 cm³/mol. The number of nitrogens with zero attached hydrogens (tertiary/aromatic N) is 1. The molecule has 1 aliphatic rings. The third-order valence-electron chi connectivity index (χ3n) is 5.43. The van der Waals surface area contributed by atoms with Crippen molar-refractivity contribution in [2.75, 3.05) is 12.3 Å². The van der Waals surface area contributed by atoms with E-state index in [4.69, 9.17) is 15.5 Å². The number of fused-ring (bicyclic) bond motifs is 2. The van der Waals surface area contributed by atoms with Gasteiger partial charge in [0.25, 0.3) is 5.91 Å². The molecule has 1 aliphatic carbocycles. The summed E-state index contributed by atoms with van der Waals surface area (Å²) in [5, 5.41) is 5.03. The number of nitrogens with one attached hydrogen (secondary N) is 1. The lowest BCUT2D eigenvalue weighted by Crippen LogP contribution is -2.40. The molecule has 1 amide bonds. The van der Waals surface area contributed by atoms with Crippen molar-refractivity contribution in [2.24, 2.45) is 5.92 Å². The van der Waals surface area contributed by atoms with Crippen LogP contribution in [0.25, 0.3) is 21.1 Å². The van der Waals surface area contributed by atoms with E-state index in [0.29, 0.717) is 23.1 Å². The number of ether oxygens (including phenoxy) is 1. The van der Waals surface area contributed by atoms with Crippen LogP contribution in [0.3, 0.4) is 0 Å². The second kappa shape index (κ2) is 7.35. The standard InChI is InChI=1S/C21H25N3O2S/c1-3-26-14-9-8-13-10-15-18(22)19(27-21(15)24-17(13)11-14)20(25)23-16-7-5-4-6-12(16)2/h8-12,16H,3-7,22H2,1-2H3,(H,23,25)/t12-,16+/m1/s1. The number of carbonyl (C=O) groups excluding carboxylic acids is 1. The van der Waals surface area contributed by atoms with Gasteiger partial charge in [0.05, 0.1) is 17.8 Å². The Kier molecular flexibility index (Phi) is 4.91. The van der Waals surface area contributed by atoms with Gasteiger partial charge < -0.3 is 15.8 Å². The molecule has 3 aromatic rings. The molecule has 0 aliphatic heterocycles. The third-order valence-corrected chi connectivity index (χ3v) is 6.55. The molecule has 6 heteroatoms. The van der Waals surface area contributed by atoms with Gasteiger partial charge in [0.2, 0.25) is 0 Å². The second-order valence-electron chi connectivity index (χ2n) is 7.32. The second-order valence-corrected chi connectivity index (χ2v) is 8.31. The Morgan fingerprint density at radius 3 is 2.93 bits per heavy atom. The van der Waals surface area contributed by atoms with E-state index in [2.05, 4.69) is 12.2 Å². The fourth-order valence-corrected chi connectivity index (χ4v) is 4.85. The number of carbonyl (C=O) groups is 1. The maximum atomic E-state index is 12.9. The molecular formula is C21H25N3O2S. The highest BCUT2D eigenvalue weighted by Gasteiger charge is 2.25. The first-order valence-corrected chi connectivity index (χ1v) is 10.4. The molecule has 0 radical (unpaired) electrons. The summed E-state index contributed by atoms with van der Waals surface area (Å²) in [7, 11) is 0. The summed E-state index contributed by atoms with van der Waals surface area (Å²) < 4.78 is 5.56. The monoisotopic (exact) mass is 383 g/mol. The minimum absolute atomic E-state index is 0.0756. The molecule has 1 aromatic carbocycles. The van der Waals surface area contributed by atoms with Crippen molar-refractivity contribution in [1.82, 2.24) is 10.3 Å². The highest BCUT2D eigenvalue weighted by Crippen LogP contribution is 2.35. The van der Waals surface area contributed by atoms with Crippen LogP contribution in [-0.2, 0) is 0 Å². The third kappa shape index (κ3) is 3.46. The number of hydrogen-bond acceptors (Lipinski definition) is 5. The largest absolute Gasteiger partial charge is 0.494 e. The topological polar surface area (TPSA) is 77.2 Å².